The minimum absolute atomic E-state index is 0.186. The number of unbranched alkanes of at least 4 members (excludes halogenated alkanes) is 2. The molecular weight excluding hydrogens is 286 g/mol. The number of hydrogen-bond donors (Lipinski definition) is 1. The number of carbonyl (C=O) groups is 1. The summed E-state index contributed by atoms with van der Waals surface area (Å²) in [6, 6.07) is 0. The smallest absolute Gasteiger partial charge is 0.360 e. The molecule has 0 radical (unpaired) electrons. The highest BCUT2D eigenvalue weighted by molar-refractivity contribution is 5.93. The van der Waals surface area contributed by atoms with Crippen LogP contribution in [0.3, 0.4) is 0 Å². The Hall–Kier alpha value is -1.96. The Balaban J connectivity index is 2.14. The van der Waals surface area contributed by atoms with Crippen molar-refractivity contribution in [2.75, 3.05) is 33.4 Å². The van der Waals surface area contributed by atoms with E-state index in [2.05, 4.69) is 27.5 Å². The maximum absolute atomic E-state index is 11.8. The number of aromatic amines is 1. The first-order valence-corrected chi connectivity index (χ1v) is 7.66. The maximum Gasteiger partial charge on any atom is 0.360 e. The van der Waals surface area contributed by atoms with Crippen molar-refractivity contribution in [3.05, 3.63) is 11.4 Å². The third-order valence-electron chi connectivity index (χ3n) is 3.48. The average molecular weight is 309 g/mol. The minimum atomic E-state index is -0.506. The topological polar surface area (TPSA) is 92.2 Å². The summed E-state index contributed by atoms with van der Waals surface area (Å²) in [7, 11) is 1.33. The van der Waals surface area contributed by atoms with Gasteiger partial charge in [0.25, 0.3) is 0 Å². The van der Waals surface area contributed by atoms with Crippen LogP contribution in [-0.4, -0.2) is 54.6 Å². The summed E-state index contributed by atoms with van der Waals surface area (Å²) in [5.41, 5.74) is 1.49. The first-order valence-electron chi connectivity index (χ1n) is 7.66. The van der Waals surface area contributed by atoms with Gasteiger partial charge in [0.2, 0.25) is 0 Å². The predicted molar refractivity (Wildman–Crippen MR) is 80.1 cm³/mol. The Bertz CT molecular complexity index is 509. The molecule has 1 saturated heterocycles. The lowest BCUT2D eigenvalue weighted by Crippen LogP contribution is -2.31. The molecule has 2 rings (SSSR count). The van der Waals surface area contributed by atoms with Crippen molar-refractivity contribution in [2.45, 2.75) is 32.6 Å². The molecule has 8 nitrogen and oxygen atoms in total. The van der Waals surface area contributed by atoms with Crippen LogP contribution in [0.4, 0.5) is 5.69 Å². The van der Waals surface area contributed by atoms with Gasteiger partial charge in [-0.15, -0.1) is 5.11 Å². The van der Waals surface area contributed by atoms with Crippen LogP contribution in [0.25, 0.3) is 0 Å². The number of carbonyl (C=O) groups excluding carboxylic acids is 1. The lowest BCUT2D eigenvalue weighted by molar-refractivity contribution is 0.0353. The molecule has 0 aromatic carbocycles. The standard InChI is InChI=1S/C14H23N5O3/c1-3-4-5-6-11-12(13(16-15-11)14(20)21-2)17-18-19-7-9-22-10-8-19/h3-10H2,1-2H3,(H,15,16). The summed E-state index contributed by atoms with van der Waals surface area (Å²) in [6.07, 6.45) is 4.05. The van der Waals surface area contributed by atoms with Crippen molar-refractivity contribution < 1.29 is 14.3 Å². The zero-order valence-corrected chi connectivity index (χ0v) is 13.2. The van der Waals surface area contributed by atoms with Gasteiger partial charge < -0.3 is 9.47 Å². The highest BCUT2D eigenvalue weighted by Gasteiger charge is 2.20. The molecule has 122 valence electrons. The SMILES string of the molecule is CCCCCc1[nH]nc(C(=O)OC)c1N=NN1CCOCC1. The number of aryl methyl sites for hydroxylation is 1. The van der Waals surface area contributed by atoms with Crippen molar-refractivity contribution >= 4 is 11.7 Å². The number of nitrogens with zero attached hydrogens (tertiary/aromatic N) is 4. The summed E-state index contributed by atoms with van der Waals surface area (Å²) in [5.74, 6) is -0.506. The van der Waals surface area contributed by atoms with E-state index in [0.29, 0.717) is 32.0 Å². The molecule has 0 atom stereocenters. The second-order valence-electron chi connectivity index (χ2n) is 5.10. The number of esters is 1. The lowest BCUT2D eigenvalue weighted by Gasteiger charge is -2.22. The molecule has 0 bridgehead atoms. The summed E-state index contributed by atoms with van der Waals surface area (Å²) < 4.78 is 10.0. The first-order chi connectivity index (χ1) is 10.8. The van der Waals surface area contributed by atoms with Crippen molar-refractivity contribution in [1.29, 1.82) is 0 Å². The minimum Gasteiger partial charge on any atom is -0.464 e. The predicted octanol–water partition coefficient (Wildman–Crippen LogP) is 2.26. The van der Waals surface area contributed by atoms with Crippen LogP contribution in [0, 0.1) is 0 Å². The van der Waals surface area contributed by atoms with E-state index in [1.54, 1.807) is 0 Å². The quantitative estimate of drug-likeness (QED) is 0.474. The van der Waals surface area contributed by atoms with Crippen molar-refractivity contribution in [3.8, 4) is 0 Å². The van der Waals surface area contributed by atoms with E-state index in [9.17, 15) is 4.79 Å². The van der Waals surface area contributed by atoms with E-state index >= 15 is 0 Å². The van der Waals surface area contributed by atoms with Crippen LogP contribution in [-0.2, 0) is 15.9 Å². The third kappa shape index (κ3) is 4.27. The molecule has 1 aliphatic rings. The van der Waals surface area contributed by atoms with Crippen molar-refractivity contribution in [2.24, 2.45) is 10.3 Å². The van der Waals surface area contributed by atoms with Gasteiger partial charge in [0.15, 0.2) is 5.69 Å². The second kappa shape index (κ2) is 8.47. The number of methoxy groups -OCH3 is 1. The molecule has 22 heavy (non-hydrogen) atoms. The molecule has 1 N–H and O–H groups in total. The number of morpholine rings is 1. The molecule has 0 saturated carbocycles. The van der Waals surface area contributed by atoms with Gasteiger partial charge in [-0.2, -0.15) is 5.10 Å². The summed E-state index contributed by atoms with van der Waals surface area (Å²) in [4.78, 5) is 11.8. The van der Waals surface area contributed by atoms with E-state index in [-0.39, 0.29) is 5.69 Å². The summed E-state index contributed by atoms with van der Waals surface area (Å²) in [5, 5.41) is 17.2. The zero-order valence-electron chi connectivity index (χ0n) is 13.2. The molecular formula is C14H23N5O3. The lowest BCUT2D eigenvalue weighted by atomic mass is 10.1. The molecule has 1 fully saturated rings. The molecule has 0 aliphatic carbocycles. The zero-order chi connectivity index (χ0) is 15.8. The van der Waals surface area contributed by atoms with E-state index in [1.165, 1.54) is 7.11 Å². The van der Waals surface area contributed by atoms with Gasteiger partial charge in [0.05, 0.1) is 39.1 Å². The Labute approximate surface area is 129 Å². The van der Waals surface area contributed by atoms with Gasteiger partial charge in [-0.1, -0.05) is 25.0 Å². The van der Waals surface area contributed by atoms with Crippen LogP contribution in [0.5, 0.6) is 0 Å². The molecule has 0 amide bonds. The fraction of sp³-hybridized carbons (Fsp3) is 0.714. The van der Waals surface area contributed by atoms with Crippen LogP contribution in [0.2, 0.25) is 0 Å². The first kappa shape index (κ1) is 16.4. The van der Waals surface area contributed by atoms with Gasteiger partial charge in [-0.05, 0) is 12.8 Å². The normalized spacial score (nSPS) is 15.5. The Morgan fingerprint density at radius 2 is 2.18 bits per heavy atom. The van der Waals surface area contributed by atoms with Gasteiger partial charge in [0, 0.05) is 0 Å². The molecule has 8 heteroatoms. The molecule has 1 aromatic heterocycles. The summed E-state index contributed by atoms with van der Waals surface area (Å²) in [6.45, 7) is 4.81. The Morgan fingerprint density at radius 1 is 1.41 bits per heavy atom. The van der Waals surface area contributed by atoms with Crippen LogP contribution in [0.1, 0.15) is 42.4 Å². The fourth-order valence-electron chi connectivity index (χ4n) is 2.20. The van der Waals surface area contributed by atoms with Crippen molar-refractivity contribution in [1.82, 2.24) is 15.2 Å². The molecule has 0 unspecified atom stereocenters. The number of aromatic nitrogens is 2. The molecule has 1 aromatic rings. The van der Waals surface area contributed by atoms with Gasteiger partial charge in [-0.3, -0.25) is 10.1 Å². The Kier molecular flexibility index (Phi) is 6.32. The molecule has 0 spiro atoms. The fourth-order valence-corrected chi connectivity index (χ4v) is 2.20. The summed E-state index contributed by atoms with van der Waals surface area (Å²) >= 11 is 0. The van der Waals surface area contributed by atoms with Crippen LogP contribution < -0.4 is 0 Å². The van der Waals surface area contributed by atoms with Gasteiger partial charge >= 0.3 is 5.97 Å². The van der Waals surface area contributed by atoms with Crippen LogP contribution >= 0.6 is 0 Å². The van der Waals surface area contributed by atoms with Crippen LogP contribution in [0.15, 0.2) is 10.3 Å². The highest BCUT2D eigenvalue weighted by Crippen LogP contribution is 2.25. The highest BCUT2D eigenvalue weighted by atomic mass is 16.5. The van der Waals surface area contributed by atoms with E-state index < -0.39 is 5.97 Å². The number of rotatable bonds is 7. The van der Waals surface area contributed by atoms with Gasteiger partial charge in [-0.25, -0.2) is 4.79 Å². The second-order valence-corrected chi connectivity index (χ2v) is 5.10. The number of H-pyrrole nitrogens is 1. The Morgan fingerprint density at radius 3 is 2.86 bits per heavy atom. The molecule has 1 aliphatic heterocycles. The number of nitrogens with one attached hydrogen (secondary N) is 1. The number of hydrogen-bond acceptors (Lipinski definition) is 6. The van der Waals surface area contributed by atoms with E-state index in [0.717, 1.165) is 31.4 Å². The monoisotopic (exact) mass is 309 g/mol. The maximum atomic E-state index is 11.8. The average Bonchev–Trinajstić information content (AvgIpc) is 2.96. The number of ether oxygens (including phenoxy) is 2. The molecule has 2 heterocycles. The van der Waals surface area contributed by atoms with E-state index in [1.807, 2.05) is 5.01 Å². The van der Waals surface area contributed by atoms with E-state index in [4.69, 9.17) is 9.47 Å². The third-order valence-corrected chi connectivity index (χ3v) is 3.48. The largest absolute Gasteiger partial charge is 0.464 e. The van der Waals surface area contributed by atoms with Gasteiger partial charge in [0.1, 0.15) is 5.69 Å². The van der Waals surface area contributed by atoms with Crippen molar-refractivity contribution in [3.63, 3.8) is 0 Å².